The van der Waals surface area contributed by atoms with Gasteiger partial charge in [0.1, 0.15) is 17.2 Å². The number of aromatic nitrogens is 3. The Morgan fingerprint density at radius 2 is 2.13 bits per heavy atom. The number of fused-ring (bicyclic) bond motifs is 1. The Kier molecular flexibility index (Phi) is 2.15. The SMILES string of the molecule is CC(=O)Nc1ccc2nc(C)n(C)c2n1. The first-order chi connectivity index (χ1) is 7.08. The topological polar surface area (TPSA) is 59.8 Å². The summed E-state index contributed by atoms with van der Waals surface area (Å²) in [5, 5.41) is 2.64. The predicted octanol–water partition coefficient (Wildman–Crippen LogP) is 1.24. The van der Waals surface area contributed by atoms with Gasteiger partial charge in [-0.15, -0.1) is 0 Å². The van der Waals surface area contributed by atoms with Crippen LogP contribution in [0, 0.1) is 6.92 Å². The maximum atomic E-state index is 10.9. The third-order valence-electron chi connectivity index (χ3n) is 2.24. The van der Waals surface area contributed by atoms with E-state index in [1.54, 1.807) is 6.07 Å². The van der Waals surface area contributed by atoms with E-state index in [1.165, 1.54) is 6.92 Å². The van der Waals surface area contributed by atoms with Gasteiger partial charge in [0.05, 0.1) is 0 Å². The van der Waals surface area contributed by atoms with Gasteiger partial charge >= 0.3 is 0 Å². The van der Waals surface area contributed by atoms with E-state index >= 15 is 0 Å². The Balaban J connectivity index is 2.54. The zero-order chi connectivity index (χ0) is 11.0. The summed E-state index contributed by atoms with van der Waals surface area (Å²) in [5.41, 5.74) is 1.61. The highest BCUT2D eigenvalue weighted by Crippen LogP contribution is 2.14. The van der Waals surface area contributed by atoms with Crippen molar-refractivity contribution in [3.8, 4) is 0 Å². The number of hydrogen-bond acceptors (Lipinski definition) is 3. The summed E-state index contributed by atoms with van der Waals surface area (Å²) >= 11 is 0. The van der Waals surface area contributed by atoms with Crippen LogP contribution in [-0.2, 0) is 11.8 Å². The molecular weight excluding hydrogens is 192 g/mol. The van der Waals surface area contributed by atoms with Crippen LogP contribution < -0.4 is 5.32 Å². The fraction of sp³-hybridized carbons (Fsp3) is 0.300. The number of anilines is 1. The quantitative estimate of drug-likeness (QED) is 0.760. The van der Waals surface area contributed by atoms with E-state index in [1.807, 2.05) is 24.6 Å². The van der Waals surface area contributed by atoms with Gasteiger partial charge < -0.3 is 9.88 Å². The minimum Gasteiger partial charge on any atom is -0.316 e. The molecule has 0 bridgehead atoms. The number of amides is 1. The molecule has 0 saturated heterocycles. The minimum atomic E-state index is -0.124. The molecule has 0 spiro atoms. The smallest absolute Gasteiger partial charge is 0.222 e. The van der Waals surface area contributed by atoms with Crippen molar-refractivity contribution < 1.29 is 4.79 Å². The fourth-order valence-corrected chi connectivity index (χ4v) is 1.43. The van der Waals surface area contributed by atoms with Crippen LogP contribution >= 0.6 is 0 Å². The first kappa shape index (κ1) is 9.64. The van der Waals surface area contributed by atoms with Crippen molar-refractivity contribution in [2.45, 2.75) is 13.8 Å². The van der Waals surface area contributed by atoms with Crippen LogP contribution in [-0.4, -0.2) is 20.4 Å². The van der Waals surface area contributed by atoms with Gasteiger partial charge in [-0.05, 0) is 19.1 Å². The molecule has 1 amide bonds. The van der Waals surface area contributed by atoms with Gasteiger partial charge in [0.25, 0.3) is 0 Å². The molecule has 1 N–H and O–H groups in total. The zero-order valence-corrected chi connectivity index (χ0v) is 8.90. The second-order valence-corrected chi connectivity index (χ2v) is 3.44. The van der Waals surface area contributed by atoms with Crippen molar-refractivity contribution in [1.82, 2.24) is 14.5 Å². The summed E-state index contributed by atoms with van der Waals surface area (Å²) in [7, 11) is 1.90. The van der Waals surface area contributed by atoms with Crippen LogP contribution in [0.5, 0.6) is 0 Å². The molecule has 0 unspecified atom stereocenters. The summed E-state index contributed by atoms with van der Waals surface area (Å²) in [6.07, 6.45) is 0. The van der Waals surface area contributed by atoms with E-state index in [0.717, 1.165) is 17.0 Å². The summed E-state index contributed by atoms with van der Waals surface area (Å²) in [5.74, 6) is 1.33. The molecule has 78 valence electrons. The molecule has 0 saturated carbocycles. The zero-order valence-electron chi connectivity index (χ0n) is 8.90. The molecule has 0 radical (unpaired) electrons. The number of nitrogens with zero attached hydrogens (tertiary/aromatic N) is 3. The molecule has 0 aliphatic carbocycles. The first-order valence-corrected chi connectivity index (χ1v) is 4.65. The van der Waals surface area contributed by atoms with Crippen molar-refractivity contribution in [2.24, 2.45) is 7.05 Å². The molecule has 0 atom stereocenters. The number of pyridine rings is 1. The van der Waals surface area contributed by atoms with Crippen LogP contribution in [0.2, 0.25) is 0 Å². The highest BCUT2D eigenvalue weighted by Gasteiger charge is 2.06. The summed E-state index contributed by atoms with van der Waals surface area (Å²) in [6.45, 7) is 3.38. The van der Waals surface area contributed by atoms with Crippen LogP contribution in [0.1, 0.15) is 12.7 Å². The molecular formula is C10H12N4O. The number of carbonyl (C=O) groups excluding carboxylic acids is 1. The predicted molar refractivity (Wildman–Crippen MR) is 57.5 cm³/mol. The first-order valence-electron chi connectivity index (χ1n) is 4.65. The number of nitrogens with one attached hydrogen (secondary N) is 1. The Morgan fingerprint density at radius 3 is 2.80 bits per heavy atom. The minimum absolute atomic E-state index is 0.124. The van der Waals surface area contributed by atoms with E-state index in [0.29, 0.717) is 5.82 Å². The molecule has 2 rings (SSSR count). The second-order valence-electron chi connectivity index (χ2n) is 3.44. The lowest BCUT2D eigenvalue weighted by atomic mass is 10.4. The Labute approximate surface area is 87.1 Å². The summed E-state index contributed by atoms with van der Waals surface area (Å²) < 4.78 is 1.89. The fourth-order valence-electron chi connectivity index (χ4n) is 1.43. The van der Waals surface area contributed by atoms with Crippen molar-refractivity contribution in [1.29, 1.82) is 0 Å². The standard InChI is InChI=1S/C10H12N4O/c1-6-11-8-4-5-9(12-7(2)15)13-10(8)14(6)3/h4-5H,1-3H3,(H,12,13,15). The van der Waals surface area contributed by atoms with Crippen LogP contribution in [0.3, 0.4) is 0 Å². The average molecular weight is 204 g/mol. The van der Waals surface area contributed by atoms with E-state index in [2.05, 4.69) is 15.3 Å². The van der Waals surface area contributed by atoms with E-state index < -0.39 is 0 Å². The van der Waals surface area contributed by atoms with E-state index in [-0.39, 0.29) is 5.91 Å². The van der Waals surface area contributed by atoms with Gasteiger partial charge in [0.2, 0.25) is 5.91 Å². The van der Waals surface area contributed by atoms with Crippen LogP contribution in [0.25, 0.3) is 11.2 Å². The molecule has 0 aromatic carbocycles. The Morgan fingerprint density at radius 1 is 1.40 bits per heavy atom. The number of imidazole rings is 1. The van der Waals surface area contributed by atoms with Gasteiger partial charge in [-0.3, -0.25) is 4.79 Å². The van der Waals surface area contributed by atoms with Crippen LogP contribution in [0.15, 0.2) is 12.1 Å². The number of rotatable bonds is 1. The summed E-state index contributed by atoms with van der Waals surface area (Å²) in [4.78, 5) is 19.5. The largest absolute Gasteiger partial charge is 0.316 e. The van der Waals surface area contributed by atoms with Gasteiger partial charge in [0.15, 0.2) is 5.65 Å². The van der Waals surface area contributed by atoms with Gasteiger partial charge in [-0.25, -0.2) is 9.97 Å². The maximum Gasteiger partial charge on any atom is 0.222 e. The number of hydrogen-bond donors (Lipinski definition) is 1. The number of carbonyl (C=O) groups is 1. The maximum absolute atomic E-state index is 10.9. The molecule has 2 aromatic rings. The van der Waals surface area contributed by atoms with Gasteiger partial charge in [-0.1, -0.05) is 0 Å². The van der Waals surface area contributed by atoms with E-state index in [4.69, 9.17) is 0 Å². The van der Waals surface area contributed by atoms with Crippen molar-refractivity contribution >= 4 is 22.9 Å². The molecule has 15 heavy (non-hydrogen) atoms. The monoisotopic (exact) mass is 204 g/mol. The lowest BCUT2D eigenvalue weighted by Crippen LogP contribution is -2.07. The molecule has 0 fully saturated rings. The molecule has 2 heterocycles. The molecule has 2 aromatic heterocycles. The van der Waals surface area contributed by atoms with E-state index in [9.17, 15) is 4.79 Å². The highest BCUT2D eigenvalue weighted by molar-refractivity contribution is 5.88. The number of aryl methyl sites for hydroxylation is 2. The molecule has 5 heteroatoms. The lowest BCUT2D eigenvalue weighted by Gasteiger charge is -2.01. The normalized spacial score (nSPS) is 10.6. The van der Waals surface area contributed by atoms with Crippen molar-refractivity contribution in [2.75, 3.05) is 5.32 Å². The van der Waals surface area contributed by atoms with Crippen LogP contribution in [0.4, 0.5) is 5.82 Å². The Hall–Kier alpha value is -1.91. The molecule has 5 nitrogen and oxygen atoms in total. The van der Waals surface area contributed by atoms with Crippen molar-refractivity contribution in [3.63, 3.8) is 0 Å². The highest BCUT2D eigenvalue weighted by atomic mass is 16.1. The van der Waals surface area contributed by atoms with Crippen molar-refractivity contribution in [3.05, 3.63) is 18.0 Å². The molecule has 0 aliphatic heterocycles. The lowest BCUT2D eigenvalue weighted by molar-refractivity contribution is -0.114. The third-order valence-corrected chi connectivity index (χ3v) is 2.24. The van der Waals surface area contributed by atoms with Gasteiger partial charge in [-0.2, -0.15) is 0 Å². The third kappa shape index (κ3) is 1.68. The second kappa shape index (κ2) is 3.34. The molecule has 0 aliphatic rings. The van der Waals surface area contributed by atoms with Gasteiger partial charge in [0, 0.05) is 14.0 Å². The Bertz CT molecular complexity index is 529. The average Bonchev–Trinajstić information content (AvgIpc) is 2.43. The summed E-state index contributed by atoms with van der Waals surface area (Å²) in [6, 6.07) is 3.59.